The smallest absolute Gasteiger partial charge is 0.0945 e. The van der Waals surface area contributed by atoms with Crippen LogP contribution in [0.3, 0.4) is 0 Å². The van der Waals surface area contributed by atoms with Gasteiger partial charge in [0.25, 0.3) is 0 Å². The van der Waals surface area contributed by atoms with Gasteiger partial charge in [0, 0.05) is 28.0 Å². The van der Waals surface area contributed by atoms with E-state index in [9.17, 15) is 0 Å². The molecule has 4 aromatic rings. The van der Waals surface area contributed by atoms with Gasteiger partial charge in [-0.3, -0.25) is 4.98 Å². The summed E-state index contributed by atoms with van der Waals surface area (Å²) in [4.78, 5) is 8.11. The number of para-hydroxylation sites is 1. The van der Waals surface area contributed by atoms with Crippen LogP contribution < -0.4 is 0 Å². The zero-order valence-corrected chi connectivity index (χ0v) is 11.2. The molecule has 0 aliphatic carbocycles. The lowest BCUT2D eigenvalue weighted by Crippen LogP contribution is -1.88. The minimum Gasteiger partial charge on any atom is -0.353 e. The first kappa shape index (κ1) is 11.2. The number of benzene rings is 2. The minimum absolute atomic E-state index is 1.02. The van der Waals surface area contributed by atoms with E-state index >= 15 is 0 Å². The van der Waals surface area contributed by atoms with E-state index in [1.165, 1.54) is 21.9 Å². The summed E-state index contributed by atoms with van der Waals surface area (Å²) in [6.07, 6.45) is 1.89. The van der Waals surface area contributed by atoms with E-state index in [1.54, 1.807) is 0 Å². The first-order chi connectivity index (χ1) is 9.84. The largest absolute Gasteiger partial charge is 0.353 e. The Morgan fingerprint density at radius 1 is 0.850 bits per heavy atom. The molecule has 2 heterocycles. The molecule has 0 saturated heterocycles. The number of nitrogens with one attached hydrogen (secondary N) is 1. The SMILES string of the molecule is Cc1ccccc1-c1nccc2c1[nH]c1ccccc12. The van der Waals surface area contributed by atoms with Crippen molar-refractivity contribution in [1.82, 2.24) is 9.97 Å². The molecule has 0 spiro atoms. The van der Waals surface area contributed by atoms with Crippen LogP contribution in [-0.4, -0.2) is 9.97 Å². The maximum Gasteiger partial charge on any atom is 0.0945 e. The third-order valence-electron chi connectivity index (χ3n) is 3.83. The van der Waals surface area contributed by atoms with E-state index in [2.05, 4.69) is 71.5 Å². The van der Waals surface area contributed by atoms with Crippen molar-refractivity contribution in [2.24, 2.45) is 0 Å². The first-order valence-corrected chi connectivity index (χ1v) is 6.76. The normalized spacial score (nSPS) is 11.2. The van der Waals surface area contributed by atoms with Gasteiger partial charge in [-0.25, -0.2) is 0 Å². The zero-order chi connectivity index (χ0) is 13.5. The lowest BCUT2D eigenvalue weighted by atomic mass is 10.0. The number of aromatic nitrogens is 2. The fourth-order valence-electron chi connectivity index (χ4n) is 2.82. The van der Waals surface area contributed by atoms with Crippen LogP contribution >= 0.6 is 0 Å². The summed E-state index contributed by atoms with van der Waals surface area (Å²) in [7, 11) is 0. The van der Waals surface area contributed by atoms with E-state index in [-0.39, 0.29) is 0 Å². The number of fused-ring (bicyclic) bond motifs is 3. The molecule has 2 heteroatoms. The Balaban J connectivity index is 2.13. The summed E-state index contributed by atoms with van der Waals surface area (Å²) < 4.78 is 0. The number of nitrogens with zero attached hydrogens (tertiary/aromatic N) is 1. The van der Waals surface area contributed by atoms with Crippen LogP contribution in [-0.2, 0) is 0 Å². The molecule has 0 bridgehead atoms. The fraction of sp³-hybridized carbons (Fsp3) is 0.0556. The maximum absolute atomic E-state index is 4.60. The number of pyridine rings is 1. The highest BCUT2D eigenvalue weighted by Crippen LogP contribution is 2.32. The van der Waals surface area contributed by atoms with Crippen molar-refractivity contribution in [3.63, 3.8) is 0 Å². The van der Waals surface area contributed by atoms with Gasteiger partial charge in [-0.15, -0.1) is 0 Å². The van der Waals surface area contributed by atoms with Gasteiger partial charge in [0.05, 0.1) is 11.2 Å². The third-order valence-corrected chi connectivity index (χ3v) is 3.83. The van der Waals surface area contributed by atoms with Crippen LogP contribution in [0.5, 0.6) is 0 Å². The predicted molar refractivity (Wildman–Crippen MR) is 83.8 cm³/mol. The minimum atomic E-state index is 1.02. The van der Waals surface area contributed by atoms with Crippen LogP contribution in [0.4, 0.5) is 0 Å². The van der Waals surface area contributed by atoms with Gasteiger partial charge >= 0.3 is 0 Å². The summed E-state index contributed by atoms with van der Waals surface area (Å²) >= 11 is 0. The highest BCUT2D eigenvalue weighted by Gasteiger charge is 2.11. The molecule has 0 radical (unpaired) electrons. The molecular formula is C18H14N2. The Morgan fingerprint density at radius 3 is 2.55 bits per heavy atom. The van der Waals surface area contributed by atoms with Gasteiger partial charge in [0.1, 0.15) is 0 Å². The third kappa shape index (κ3) is 1.55. The average Bonchev–Trinajstić information content (AvgIpc) is 2.86. The number of H-pyrrole nitrogens is 1. The summed E-state index contributed by atoms with van der Waals surface area (Å²) in [6.45, 7) is 2.12. The molecule has 0 unspecified atom stereocenters. The zero-order valence-electron chi connectivity index (χ0n) is 11.2. The monoisotopic (exact) mass is 258 g/mol. The molecule has 0 amide bonds. The van der Waals surface area contributed by atoms with Crippen molar-refractivity contribution in [3.05, 3.63) is 66.4 Å². The second kappa shape index (κ2) is 4.20. The highest BCUT2D eigenvalue weighted by molar-refractivity contribution is 6.11. The Labute approximate surface area is 117 Å². The van der Waals surface area contributed by atoms with E-state index < -0.39 is 0 Å². The lowest BCUT2D eigenvalue weighted by Gasteiger charge is -2.05. The van der Waals surface area contributed by atoms with Gasteiger partial charge in [0.15, 0.2) is 0 Å². The van der Waals surface area contributed by atoms with Crippen LogP contribution in [0, 0.1) is 6.92 Å². The van der Waals surface area contributed by atoms with E-state index in [4.69, 9.17) is 0 Å². The molecule has 96 valence electrons. The number of hydrogen-bond acceptors (Lipinski definition) is 1. The maximum atomic E-state index is 4.60. The summed E-state index contributed by atoms with van der Waals surface area (Å²) in [5, 5.41) is 2.48. The first-order valence-electron chi connectivity index (χ1n) is 6.76. The van der Waals surface area contributed by atoms with Gasteiger partial charge in [0.2, 0.25) is 0 Å². The molecule has 20 heavy (non-hydrogen) atoms. The fourth-order valence-corrected chi connectivity index (χ4v) is 2.82. The topological polar surface area (TPSA) is 28.7 Å². The van der Waals surface area contributed by atoms with Crippen LogP contribution in [0.15, 0.2) is 60.8 Å². The molecule has 0 aliphatic rings. The second-order valence-corrected chi connectivity index (χ2v) is 5.07. The van der Waals surface area contributed by atoms with Crippen LogP contribution in [0.25, 0.3) is 33.1 Å². The van der Waals surface area contributed by atoms with Crippen molar-refractivity contribution in [2.45, 2.75) is 6.92 Å². The molecule has 0 saturated carbocycles. The number of aromatic amines is 1. The van der Waals surface area contributed by atoms with Crippen molar-refractivity contribution in [2.75, 3.05) is 0 Å². The molecule has 4 rings (SSSR count). The average molecular weight is 258 g/mol. The molecule has 0 atom stereocenters. The molecule has 0 fully saturated rings. The van der Waals surface area contributed by atoms with Gasteiger partial charge in [-0.1, -0.05) is 42.5 Å². The van der Waals surface area contributed by atoms with E-state index in [0.717, 1.165) is 16.7 Å². The van der Waals surface area contributed by atoms with Crippen molar-refractivity contribution >= 4 is 21.8 Å². The van der Waals surface area contributed by atoms with Gasteiger partial charge in [-0.2, -0.15) is 0 Å². The van der Waals surface area contributed by atoms with Crippen LogP contribution in [0.1, 0.15) is 5.56 Å². The Morgan fingerprint density at radius 2 is 1.65 bits per heavy atom. The lowest BCUT2D eigenvalue weighted by molar-refractivity contribution is 1.32. The predicted octanol–water partition coefficient (Wildman–Crippen LogP) is 4.69. The molecule has 0 aliphatic heterocycles. The summed E-state index contributed by atoms with van der Waals surface area (Å²) in [6, 6.07) is 18.8. The quantitative estimate of drug-likeness (QED) is 0.527. The number of aryl methyl sites for hydroxylation is 1. The summed E-state index contributed by atoms with van der Waals surface area (Å²) in [5.74, 6) is 0. The Bertz CT molecular complexity index is 919. The summed E-state index contributed by atoms with van der Waals surface area (Å²) in [5.41, 5.74) is 5.72. The number of hydrogen-bond donors (Lipinski definition) is 1. The second-order valence-electron chi connectivity index (χ2n) is 5.07. The molecule has 2 aromatic heterocycles. The Hall–Kier alpha value is -2.61. The van der Waals surface area contributed by atoms with E-state index in [1.807, 2.05) is 6.20 Å². The van der Waals surface area contributed by atoms with E-state index in [0.29, 0.717) is 0 Å². The molecule has 2 aromatic carbocycles. The molecular weight excluding hydrogens is 244 g/mol. The van der Waals surface area contributed by atoms with Crippen molar-refractivity contribution in [3.8, 4) is 11.3 Å². The standard InChI is InChI=1S/C18H14N2/c1-12-6-2-3-7-13(12)17-18-15(10-11-19-17)14-8-4-5-9-16(14)20-18/h2-11,20H,1H3. The van der Waals surface area contributed by atoms with Crippen molar-refractivity contribution in [1.29, 1.82) is 0 Å². The number of rotatable bonds is 1. The van der Waals surface area contributed by atoms with Gasteiger partial charge < -0.3 is 4.98 Å². The van der Waals surface area contributed by atoms with Crippen molar-refractivity contribution < 1.29 is 0 Å². The molecule has 1 N–H and O–H groups in total. The highest BCUT2D eigenvalue weighted by atomic mass is 14.8. The van der Waals surface area contributed by atoms with Gasteiger partial charge in [-0.05, 0) is 24.6 Å². The Kier molecular flexibility index (Phi) is 2.36. The molecule has 2 nitrogen and oxygen atoms in total. The van der Waals surface area contributed by atoms with Crippen LogP contribution in [0.2, 0.25) is 0 Å².